The van der Waals surface area contributed by atoms with Crippen molar-refractivity contribution in [2.24, 2.45) is 10.9 Å². The van der Waals surface area contributed by atoms with Gasteiger partial charge in [-0.15, -0.1) is 0 Å². The van der Waals surface area contributed by atoms with Crippen molar-refractivity contribution >= 4 is 33.6 Å². The summed E-state index contributed by atoms with van der Waals surface area (Å²) in [6, 6.07) is 18.8. The third-order valence-corrected chi connectivity index (χ3v) is 5.63. The fraction of sp³-hybridized carbons (Fsp3) is 0.182. The van der Waals surface area contributed by atoms with Gasteiger partial charge in [-0.3, -0.25) is 19.9 Å². The number of non-ortho nitro benzene ring substituents is 1. The number of carbonyl (C=O) groups excluding carboxylic acids is 1. The van der Waals surface area contributed by atoms with Gasteiger partial charge >= 0.3 is 0 Å². The highest BCUT2D eigenvalue weighted by atomic mass is 16.6. The third-order valence-electron chi connectivity index (χ3n) is 5.63. The summed E-state index contributed by atoms with van der Waals surface area (Å²) in [5.74, 6) is -0.378. The molecule has 0 bridgehead atoms. The van der Waals surface area contributed by atoms with E-state index in [4.69, 9.17) is 4.99 Å². The molecule has 5 heteroatoms. The van der Waals surface area contributed by atoms with E-state index in [0.717, 1.165) is 33.3 Å². The van der Waals surface area contributed by atoms with Gasteiger partial charge in [-0.2, -0.15) is 0 Å². The molecule has 3 aromatic rings. The number of aliphatic imine (C=N–C) groups is 1. The van der Waals surface area contributed by atoms with Gasteiger partial charge in [0.2, 0.25) is 0 Å². The van der Waals surface area contributed by atoms with Crippen LogP contribution in [0.4, 0.5) is 11.4 Å². The molecule has 2 unspecified atom stereocenters. The zero-order valence-corrected chi connectivity index (χ0v) is 14.5. The Hall–Kier alpha value is -3.34. The standard InChI is InChI=1S/C22H16N2O3/c25-19-11-10-18-21(19)20(14-5-3-6-15(12-14)24(26)27)17-9-8-13-4-1-2-7-16(13)22(17)23-18/h1-9,12,20-21H,10-11H2. The lowest BCUT2D eigenvalue weighted by Crippen LogP contribution is -2.27. The van der Waals surface area contributed by atoms with Crippen LogP contribution < -0.4 is 0 Å². The molecule has 5 rings (SSSR count). The molecule has 0 radical (unpaired) electrons. The molecule has 0 N–H and O–H groups in total. The second-order valence-corrected chi connectivity index (χ2v) is 7.10. The Morgan fingerprint density at radius 1 is 0.963 bits per heavy atom. The molecule has 1 heterocycles. The van der Waals surface area contributed by atoms with E-state index in [1.165, 1.54) is 6.07 Å². The predicted molar refractivity (Wildman–Crippen MR) is 104 cm³/mol. The van der Waals surface area contributed by atoms with Crippen LogP contribution in [0.1, 0.15) is 29.9 Å². The molecule has 2 aliphatic rings. The molecule has 3 aromatic carbocycles. The number of nitro groups is 1. The Morgan fingerprint density at radius 3 is 2.67 bits per heavy atom. The van der Waals surface area contributed by atoms with Crippen LogP contribution in [0.15, 0.2) is 65.7 Å². The van der Waals surface area contributed by atoms with Crippen molar-refractivity contribution < 1.29 is 9.72 Å². The van der Waals surface area contributed by atoms with Crippen molar-refractivity contribution in [2.75, 3.05) is 0 Å². The molecule has 1 aliphatic heterocycles. The van der Waals surface area contributed by atoms with E-state index in [-0.39, 0.29) is 28.2 Å². The molecular formula is C22H16N2O3. The van der Waals surface area contributed by atoms with Gasteiger partial charge in [0.1, 0.15) is 5.78 Å². The van der Waals surface area contributed by atoms with Crippen LogP contribution in [-0.2, 0) is 4.79 Å². The minimum Gasteiger partial charge on any atom is -0.299 e. The van der Waals surface area contributed by atoms with Crippen LogP contribution in [0, 0.1) is 16.0 Å². The summed E-state index contributed by atoms with van der Waals surface area (Å²) in [5.41, 5.74) is 3.61. The minimum absolute atomic E-state index is 0.0457. The molecule has 1 fully saturated rings. The number of carbonyl (C=O) groups is 1. The molecule has 132 valence electrons. The summed E-state index contributed by atoms with van der Waals surface area (Å²) in [6.45, 7) is 0. The van der Waals surface area contributed by atoms with Crippen molar-refractivity contribution in [2.45, 2.75) is 18.8 Å². The van der Waals surface area contributed by atoms with Crippen molar-refractivity contribution in [1.29, 1.82) is 0 Å². The van der Waals surface area contributed by atoms with Gasteiger partial charge in [0, 0.05) is 35.6 Å². The number of ketones is 1. The Kier molecular flexibility index (Phi) is 3.44. The van der Waals surface area contributed by atoms with Gasteiger partial charge in [0.25, 0.3) is 5.69 Å². The zero-order chi connectivity index (χ0) is 18.5. The lowest BCUT2D eigenvalue weighted by Gasteiger charge is -2.30. The molecule has 5 nitrogen and oxygen atoms in total. The number of benzene rings is 3. The first-order chi connectivity index (χ1) is 13.1. The van der Waals surface area contributed by atoms with Crippen LogP contribution in [0.3, 0.4) is 0 Å². The summed E-state index contributed by atoms with van der Waals surface area (Å²) in [5, 5.41) is 13.4. The van der Waals surface area contributed by atoms with E-state index in [0.29, 0.717) is 12.8 Å². The maximum atomic E-state index is 12.7. The van der Waals surface area contributed by atoms with Crippen LogP contribution in [-0.4, -0.2) is 16.4 Å². The second kappa shape index (κ2) is 5.84. The molecular weight excluding hydrogens is 340 g/mol. The number of hydrogen-bond acceptors (Lipinski definition) is 4. The number of nitro benzene ring substituents is 1. The van der Waals surface area contributed by atoms with Crippen molar-refractivity contribution in [3.05, 3.63) is 81.9 Å². The number of hydrogen-bond donors (Lipinski definition) is 0. The molecule has 1 aliphatic carbocycles. The summed E-state index contributed by atoms with van der Waals surface area (Å²) < 4.78 is 0. The largest absolute Gasteiger partial charge is 0.299 e. The van der Waals surface area contributed by atoms with Gasteiger partial charge in [0.15, 0.2) is 0 Å². The zero-order valence-electron chi connectivity index (χ0n) is 14.5. The quantitative estimate of drug-likeness (QED) is 0.482. The summed E-state index contributed by atoms with van der Waals surface area (Å²) in [6.07, 6.45) is 1.15. The Balaban J connectivity index is 1.79. The highest BCUT2D eigenvalue weighted by Crippen LogP contribution is 2.48. The monoisotopic (exact) mass is 356 g/mol. The predicted octanol–water partition coefficient (Wildman–Crippen LogP) is 4.95. The van der Waals surface area contributed by atoms with Crippen LogP contribution >= 0.6 is 0 Å². The van der Waals surface area contributed by atoms with E-state index < -0.39 is 0 Å². The van der Waals surface area contributed by atoms with Crippen LogP contribution in [0.5, 0.6) is 0 Å². The number of fused-ring (bicyclic) bond motifs is 4. The summed E-state index contributed by atoms with van der Waals surface area (Å²) in [7, 11) is 0. The fourth-order valence-corrected chi connectivity index (χ4v) is 4.43. The van der Waals surface area contributed by atoms with Gasteiger partial charge in [-0.25, -0.2) is 0 Å². The molecule has 27 heavy (non-hydrogen) atoms. The Morgan fingerprint density at radius 2 is 1.81 bits per heavy atom. The highest BCUT2D eigenvalue weighted by molar-refractivity contribution is 6.15. The SMILES string of the molecule is O=C1CCC2=Nc3c(ccc4ccccc34)C(c3cccc([N+](=O)[O-])c3)C12. The first-order valence-electron chi connectivity index (χ1n) is 8.99. The molecule has 0 spiro atoms. The lowest BCUT2D eigenvalue weighted by atomic mass is 9.75. The summed E-state index contributed by atoms with van der Waals surface area (Å²) >= 11 is 0. The topological polar surface area (TPSA) is 72.6 Å². The van der Waals surface area contributed by atoms with Gasteiger partial charge in [0.05, 0.1) is 16.5 Å². The number of rotatable bonds is 2. The van der Waals surface area contributed by atoms with E-state index >= 15 is 0 Å². The lowest BCUT2D eigenvalue weighted by molar-refractivity contribution is -0.384. The van der Waals surface area contributed by atoms with Gasteiger partial charge in [-0.1, -0.05) is 48.5 Å². The molecule has 0 aromatic heterocycles. The maximum Gasteiger partial charge on any atom is 0.269 e. The molecule has 0 amide bonds. The molecule has 2 atom stereocenters. The van der Waals surface area contributed by atoms with Gasteiger partial charge < -0.3 is 0 Å². The van der Waals surface area contributed by atoms with E-state index in [1.807, 2.05) is 42.5 Å². The first kappa shape index (κ1) is 15.9. The van der Waals surface area contributed by atoms with Gasteiger partial charge in [-0.05, 0) is 22.9 Å². The number of nitrogens with zero attached hydrogens (tertiary/aromatic N) is 2. The van der Waals surface area contributed by atoms with Crippen molar-refractivity contribution in [3.63, 3.8) is 0 Å². The van der Waals surface area contributed by atoms with Crippen molar-refractivity contribution in [3.8, 4) is 0 Å². The smallest absolute Gasteiger partial charge is 0.269 e. The van der Waals surface area contributed by atoms with E-state index in [2.05, 4.69) is 0 Å². The summed E-state index contributed by atoms with van der Waals surface area (Å²) in [4.78, 5) is 28.4. The first-order valence-corrected chi connectivity index (χ1v) is 8.99. The Bertz CT molecular complexity index is 1150. The maximum absolute atomic E-state index is 12.7. The third kappa shape index (κ3) is 2.39. The number of Topliss-reactive ketones (excluding diaryl/α,β-unsaturated/α-hetero) is 1. The minimum atomic E-state index is -0.390. The van der Waals surface area contributed by atoms with Crippen LogP contribution in [0.25, 0.3) is 10.8 Å². The molecule has 1 saturated carbocycles. The fourth-order valence-electron chi connectivity index (χ4n) is 4.43. The average Bonchev–Trinajstić information content (AvgIpc) is 3.07. The average molecular weight is 356 g/mol. The normalized spacial score (nSPS) is 20.9. The highest BCUT2D eigenvalue weighted by Gasteiger charge is 2.43. The second-order valence-electron chi connectivity index (χ2n) is 7.10. The van der Waals surface area contributed by atoms with E-state index in [9.17, 15) is 14.9 Å². The van der Waals surface area contributed by atoms with E-state index in [1.54, 1.807) is 12.1 Å². The van der Waals surface area contributed by atoms with Crippen LogP contribution in [0.2, 0.25) is 0 Å². The Labute approximate surface area is 155 Å². The molecule has 0 saturated heterocycles. The van der Waals surface area contributed by atoms with Crippen molar-refractivity contribution in [1.82, 2.24) is 0 Å².